The smallest absolute Gasteiger partial charge is 0.262 e. The first-order valence-electron chi connectivity index (χ1n) is 10.9. The number of hydrogen-bond acceptors (Lipinski definition) is 7. The maximum absolute atomic E-state index is 12.7. The predicted octanol–water partition coefficient (Wildman–Crippen LogP) is 2.79. The van der Waals surface area contributed by atoms with Crippen molar-refractivity contribution in [1.82, 2.24) is 19.9 Å². The van der Waals surface area contributed by atoms with Crippen molar-refractivity contribution in [2.24, 2.45) is 0 Å². The van der Waals surface area contributed by atoms with E-state index in [-0.39, 0.29) is 30.1 Å². The summed E-state index contributed by atoms with van der Waals surface area (Å²) in [6, 6.07) is 3.97. The summed E-state index contributed by atoms with van der Waals surface area (Å²) in [4.78, 5) is 38.1. The van der Waals surface area contributed by atoms with Crippen LogP contribution in [0.4, 0.5) is 5.82 Å². The molecule has 8 nitrogen and oxygen atoms in total. The molecule has 0 bridgehead atoms. The Balaban J connectivity index is 1.31. The Morgan fingerprint density at radius 3 is 2.66 bits per heavy atom. The number of fused-ring (bicyclic) bond motifs is 1. The molecule has 0 saturated carbocycles. The topological polar surface area (TPSA) is 89.3 Å². The Morgan fingerprint density at radius 1 is 1.22 bits per heavy atom. The zero-order valence-electron chi connectivity index (χ0n) is 18.9. The van der Waals surface area contributed by atoms with Gasteiger partial charge < -0.3 is 15.0 Å². The van der Waals surface area contributed by atoms with E-state index in [0.717, 1.165) is 39.7 Å². The highest BCUT2D eigenvalue weighted by Crippen LogP contribution is 2.25. The molecule has 3 aromatic rings. The van der Waals surface area contributed by atoms with Gasteiger partial charge in [0, 0.05) is 43.7 Å². The maximum Gasteiger partial charge on any atom is 0.262 e. The summed E-state index contributed by atoms with van der Waals surface area (Å²) in [5.41, 5.74) is 1.82. The van der Waals surface area contributed by atoms with Gasteiger partial charge in [0.05, 0.1) is 23.9 Å². The molecule has 0 spiro atoms. The van der Waals surface area contributed by atoms with Crippen LogP contribution in [-0.2, 0) is 22.6 Å². The molecule has 1 N–H and O–H groups in total. The Labute approximate surface area is 191 Å². The number of amides is 1. The van der Waals surface area contributed by atoms with E-state index in [1.807, 2.05) is 26.0 Å². The second-order valence-electron chi connectivity index (χ2n) is 8.42. The molecule has 2 atom stereocenters. The predicted molar refractivity (Wildman–Crippen MR) is 126 cm³/mol. The third kappa shape index (κ3) is 4.83. The first-order valence-corrected chi connectivity index (χ1v) is 11.7. The lowest BCUT2D eigenvalue weighted by Crippen LogP contribution is -2.45. The summed E-state index contributed by atoms with van der Waals surface area (Å²) >= 11 is 1.52. The van der Waals surface area contributed by atoms with E-state index in [9.17, 15) is 9.59 Å². The van der Waals surface area contributed by atoms with Gasteiger partial charge in [0.1, 0.15) is 10.6 Å². The van der Waals surface area contributed by atoms with Crippen LogP contribution >= 0.6 is 11.3 Å². The largest absolute Gasteiger partial charge is 0.372 e. The van der Waals surface area contributed by atoms with Crippen LogP contribution in [0.25, 0.3) is 10.2 Å². The number of anilines is 1. The van der Waals surface area contributed by atoms with E-state index in [1.54, 1.807) is 6.20 Å². The number of aryl methyl sites for hydroxylation is 3. The lowest BCUT2D eigenvalue weighted by atomic mass is 10.2. The second kappa shape index (κ2) is 9.38. The van der Waals surface area contributed by atoms with Crippen molar-refractivity contribution in [3.63, 3.8) is 0 Å². The first kappa shape index (κ1) is 22.4. The minimum absolute atomic E-state index is 0.0869. The molecule has 0 aromatic carbocycles. The van der Waals surface area contributed by atoms with Gasteiger partial charge in [-0.15, -0.1) is 11.3 Å². The Kier molecular flexibility index (Phi) is 6.57. The summed E-state index contributed by atoms with van der Waals surface area (Å²) in [5, 5.41) is 3.57. The van der Waals surface area contributed by atoms with Gasteiger partial charge in [-0.1, -0.05) is 6.07 Å². The lowest BCUT2D eigenvalue weighted by Gasteiger charge is -2.36. The van der Waals surface area contributed by atoms with E-state index in [4.69, 9.17) is 4.74 Å². The van der Waals surface area contributed by atoms with E-state index in [0.29, 0.717) is 18.5 Å². The van der Waals surface area contributed by atoms with Crippen molar-refractivity contribution in [1.29, 1.82) is 0 Å². The number of pyridine rings is 1. The fourth-order valence-corrected chi connectivity index (χ4v) is 5.00. The van der Waals surface area contributed by atoms with Crippen LogP contribution in [0.2, 0.25) is 0 Å². The Bertz CT molecular complexity index is 1160. The van der Waals surface area contributed by atoms with Gasteiger partial charge >= 0.3 is 0 Å². The standard InChI is InChI=1S/C23H29N5O3S/c1-14-11-28(12-15(2)31-14)19-6-5-18(9-24-19)10-25-20(29)7-8-27-13-26-22-21(23(27)30)16(3)17(4)32-22/h5-6,9,13-15H,7-8,10-12H2,1-4H3,(H,25,29). The third-order valence-corrected chi connectivity index (χ3v) is 6.89. The molecule has 0 radical (unpaired) electrons. The Morgan fingerprint density at radius 2 is 1.97 bits per heavy atom. The van der Waals surface area contributed by atoms with Gasteiger partial charge in [-0.05, 0) is 44.9 Å². The molecular weight excluding hydrogens is 426 g/mol. The number of hydrogen-bond donors (Lipinski definition) is 1. The van der Waals surface area contributed by atoms with Gasteiger partial charge in [0.15, 0.2) is 0 Å². The minimum atomic E-state index is -0.116. The van der Waals surface area contributed by atoms with E-state index < -0.39 is 0 Å². The summed E-state index contributed by atoms with van der Waals surface area (Å²) in [7, 11) is 0. The van der Waals surface area contributed by atoms with Crippen molar-refractivity contribution in [3.05, 3.63) is 51.0 Å². The molecule has 4 rings (SSSR count). The molecule has 1 fully saturated rings. The normalized spacial score (nSPS) is 18.8. The highest BCUT2D eigenvalue weighted by Gasteiger charge is 2.23. The van der Waals surface area contributed by atoms with Gasteiger partial charge in [0.25, 0.3) is 5.56 Å². The van der Waals surface area contributed by atoms with E-state index in [1.165, 1.54) is 22.2 Å². The number of ether oxygens (including phenoxy) is 1. The van der Waals surface area contributed by atoms with Crippen LogP contribution in [0.1, 0.15) is 36.3 Å². The molecule has 0 aliphatic carbocycles. The quantitative estimate of drug-likeness (QED) is 0.615. The number of nitrogens with zero attached hydrogens (tertiary/aromatic N) is 4. The number of aromatic nitrogens is 3. The molecule has 3 aromatic heterocycles. The molecule has 9 heteroatoms. The lowest BCUT2D eigenvalue weighted by molar-refractivity contribution is -0.121. The summed E-state index contributed by atoms with van der Waals surface area (Å²) in [6.45, 7) is 10.4. The zero-order valence-corrected chi connectivity index (χ0v) is 19.7. The van der Waals surface area contributed by atoms with Crippen LogP contribution in [0.15, 0.2) is 29.5 Å². The molecule has 1 amide bonds. The summed E-state index contributed by atoms with van der Waals surface area (Å²) < 4.78 is 7.29. The average molecular weight is 456 g/mol. The van der Waals surface area contributed by atoms with Gasteiger partial charge in [0.2, 0.25) is 5.91 Å². The van der Waals surface area contributed by atoms with E-state index in [2.05, 4.69) is 34.0 Å². The first-order chi connectivity index (χ1) is 15.3. The Hall–Kier alpha value is -2.78. The number of carbonyl (C=O) groups excluding carboxylic acids is 1. The average Bonchev–Trinajstić information content (AvgIpc) is 3.05. The van der Waals surface area contributed by atoms with Crippen molar-refractivity contribution < 1.29 is 9.53 Å². The molecular formula is C23H29N5O3S. The molecule has 2 unspecified atom stereocenters. The monoisotopic (exact) mass is 455 g/mol. The minimum Gasteiger partial charge on any atom is -0.372 e. The van der Waals surface area contributed by atoms with Crippen molar-refractivity contribution >= 4 is 33.3 Å². The molecule has 1 aliphatic rings. The van der Waals surface area contributed by atoms with E-state index >= 15 is 0 Å². The van der Waals surface area contributed by atoms with Gasteiger partial charge in [-0.2, -0.15) is 0 Å². The molecule has 4 heterocycles. The highest BCUT2D eigenvalue weighted by atomic mass is 32.1. The molecule has 32 heavy (non-hydrogen) atoms. The summed E-state index contributed by atoms with van der Waals surface area (Å²) in [5.74, 6) is 0.804. The summed E-state index contributed by atoms with van der Waals surface area (Å²) in [6.07, 6.45) is 3.89. The van der Waals surface area contributed by atoms with Crippen LogP contribution < -0.4 is 15.8 Å². The van der Waals surface area contributed by atoms with Gasteiger partial charge in [-0.3, -0.25) is 14.2 Å². The van der Waals surface area contributed by atoms with Crippen molar-refractivity contribution in [3.8, 4) is 0 Å². The number of nitrogens with one attached hydrogen (secondary N) is 1. The number of morpholine rings is 1. The highest BCUT2D eigenvalue weighted by molar-refractivity contribution is 7.18. The number of rotatable bonds is 6. The van der Waals surface area contributed by atoms with Crippen LogP contribution in [0.3, 0.4) is 0 Å². The molecule has 1 aliphatic heterocycles. The number of thiophene rings is 1. The molecule has 170 valence electrons. The second-order valence-corrected chi connectivity index (χ2v) is 9.62. The molecule has 1 saturated heterocycles. The van der Waals surface area contributed by atoms with Crippen LogP contribution in [-0.4, -0.2) is 45.7 Å². The van der Waals surface area contributed by atoms with Gasteiger partial charge in [-0.25, -0.2) is 9.97 Å². The van der Waals surface area contributed by atoms with Crippen LogP contribution in [0, 0.1) is 13.8 Å². The fourth-order valence-electron chi connectivity index (χ4n) is 4.01. The third-order valence-electron chi connectivity index (χ3n) is 5.78. The number of carbonyl (C=O) groups is 1. The maximum atomic E-state index is 12.7. The zero-order chi connectivity index (χ0) is 22.8. The SMILES string of the molecule is Cc1sc2ncn(CCC(=O)NCc3ccc(N4CC(C)OC(C)C4)nc3)c(=O)c2c1C. The van der Waals surface area contributed by atoms with Crippen molar-refractivity contribution in [2.45, 2.75) is 59.4 Å². The fraction of sp³-hybridized carbons (Fsp3) is 0.478. The van der Waals surface area contributed by atoms with Crippen LogP contribution in [0.5, 0.6) is 0 Å². The van der Waals surface area contributed by atoms with Crippen molar-refractivity contribution in [2.75, 3.05) is 18.0 Å².